The lowest BCUT2D eigenvalue weighted by Gasteiger charge is -2.18. The smallest absolute Gasteiger partial charge is 0.160 e. The van der Waals surface area contributed by atoms with E-state index in [9.17, 15) is 0 Å². The molecule has 13 aromatic rings. The zero-order chi connectivity index (χ0) is 40.7. The van der Waals surface area contributed by atoms with E-state index in [1.807, 2.05) is 18.2 Å². The van der Waals surface area contributed by atoms with Crippen LogP contribution in [-0.4, -0.2) is 9.97 Å². The van der Waals surface area contributed by atoms with Gasteiger partial charge < -0.3 is 0 Å². The predicted molar refractivity (Wildman–Crippen MR) is 263 cm³/mol. The Balaban J connectivity index is 1.05. The maximum atomic E-state index is 5.29. The number of nitrogens with zero attached hydrogens (tertiary/aromatic N) is 2. The summed E-state index contributed by atoms with van der Waals surface area (Å²) in [7, 11) is 0. The molecule has 2 heteroatoms. The first-order chi connectivity index (χ1) is 30.7. The number of benzene rings is 11. The van der Waals surface area contributed by atoms with Crippen LogP contribution in [0.3, 0.4) is 0 Å². The van der Waals surface area contributed by atoms with Gasteiger partial charge in [0.25, 0.3) is 0 Å². The molecule has 0 fully saturated rings. The first kappa shape index (κ1) is 34.6. The number of aromatic nitrogens is 2. The third-order valence-corrected chi connectivity index (χ3v) is 13.0. The first-order valence-corrected chi connectivity index (χ1v) is 21.3. The molecule has 0 saturated carbocycles. The lowest BCUT2D eigenvalue weighted by atomic mass is 9.86. The van der Waals surface area contributed by atoms with Crippen molar-refractivity contribution in [2.45, 2.75) is 0 Å². The van der Waals surface area contributed by atoms with Gasteiger partial charge in [0.15, 0.2) is 5.82 Å². The van der Waals surface area contributed by atoms with Gasteiger partial charge in [-0.25, -0.2) is 9.97 Å². The summed E-state index contributed by atoms with van der Waals surface area (Å²) >= 11 is 0. The zero-order valence-electron chi connectivity index (χ0n) is 33.7. The highest BCUT2D eigenvalue weighted by Crippen LogP contribution is 2.46. The maximum absolute atomic E-state index is 5.29. The summed E-state index contributed by atoms with van der Waals surface area (Å²) in [5.41, 5.74) is 9.64. The third kappa shape index (κ3) is 5.37. The molecule has 1 heterocycles. The van der Waals surface area contributed by atoms with Gasteiger partial charge in [-0.15, -0.1) is 0 Å². The van der Waals surface area contributed by atoms with E-state index < -0.39 is 0 Å². The fourth-order valence-corrected chi connectivity index (χ4v) is 10.1. The van der Waals surface area contributed by atoms with Crippen molar-refractivity contribution in [1.29, 1.82) is 0 Å². The minimum absolute atomic E-state index is 0.705. The molecular formula is C60H36N2. The molecule has 0 bridgehead atoms. The van der Waals surface area contributed by atoms with Gasteiger partial charge in [-0.2, -0.15) is 0 Å². The Morgan fingerprint density at radius 3 is 1.31 bits per heavy atom. The zero-order valence-corrected chi connectivity index (χ0v) is 33.7. The van der Waals surface area contributed by atoms with Crippen LogP contribution in [0.4, 0.5) is 0 Å². The van der Waals surface area contributed by atoms with E-state index in [0.29, 0.717) is 5.82 Å². The summed E-state index contributed by atoms with van der Waals surface area (Å²) in [6.07, 6.45) is 0. The molecule has 0 unspecified atom stereocenters. The van der Waals surface area contributed by atoms with Crippen molar-refractivity contribution in [3.63, 3.8) is 0 Å². The van der Waals surface area contributed by atoms with Gasteiger partial charge >= 0.3 is 0 Å². The lowest BCUT2D eigenvalue weighted by molar-refractivity contribution is 1.18. The molecule has 0 atom stereocenters. The molecule has 13 rings (SSSR count). The Labute approximate surface area is 358 Å². The Bertz CT molecular complexity index is 3880. The largest absolute Gasteiger partial charge is 0.228 e. The van der Waals surface area contributed by atoms with Gasteiger partial charge in [-0.05, 0) is 116 Å². The SMILES string of the molecule is c1ccc(-c2ccc(-c3cc(-c4ccc(-c5cc6ccc7cccc8c9cccc%10ccc%11cccc(c(c5)c6c78)c%11c%109)c5ccccc45)nc(-c4ccccc4)n3)cc2)cc1. The normalized spacial score (nSPS) is 11.9. The summed E-state index contributed by atoms with van der Waals surface area (Å²) in [6, 6.07) is 79.5. The van der Waals surface area contributed by atoms with Crippen LogP contribution in [0.1, 0.15) is 0 Å². The monoisotopic (exact) mass is 784 g/mol. The summed E-state index contributed by atoms with van der Waals surface area (Å²) in [6.45, 7) is 0. The van der Waals surface area contributed by atoms with Crippen molar-refractivity contribution in [3.05, 3.63) is 218 Å². The van der Waals surface area contributed by atoms with E-state index in [1.165, 1.54) is 92.3 Å². The van der Waals surface area contributed by atoms with E-state index >= 15 is 0 Å². The Morgan fingerprint density at radius 2 is 0.677 bits per heavy atom. The second kappa shape index (κ2) is 13.7. The van der Waals surface area contributed by atoms with Gasteiger partial charge in [0.05, 0.1) is 11.4 Å². The molecule has 2 nitrogen and oxygen atoms in total. The van der Waals surface area contributed by atoms with Crippen LogP contribution >= 0.6 is 0 Å². The molecule has 0 aliphatic rings. The number of fused-ring (bicyclic) bond motifs is 3. The standard InChI is InChI=1S/C60H36N2/c1-3-12-37(13-4-1)38-24-26-39(27-25-38)54-36-55(62-60(61-54)43-14-5-2-6-15-43)49-33-32-46(47-19-7-8-20-48(47)49)45-34-44-31-30-42-17-10-22-51-50-21-9-16-40-28-29-41-18-11-23-52(58(41)56(40)50)53(35-45)59(44)57(42)51/h1-36H. The van der Waals surface area contributed by atoms with E-state index in [1.54, 1.807) is 0 Å². The molecule has 0 amide bonds. The van der Waals surface area contributed by atoms with Crippen molar-refractivity contribution in [2.75, 3.05) is 0 Å². The second-order valence-corrected chi connectivity index (χ2v) is 16.4. The van der Waals surface area contributed by atoms with Crippen molar-refractivity contribution < 1.29 is 0 Å². The molecule has 0 aliphatic heterocycles. The summed E-state index contributed by atoms with van der Waals surface area (Å²) in [5, 5.41) is 17.7. The highest BCUT2D eigenvalue weighted by molar-refractivity contribution is 6.37. The highest BCUT2D eigenvalue weighted by Gasteiger charge is 2.19. The van der Waals surface area contributed by atoms with Crippen LogP contribution < -0.4 is 0 Å². The molecule has 0 radical (unpaired) electrons. The van der Waals surface area contributed by atoms with Crippen LogP contribution in [0.25, 0.3) is 132 Å². The van der Waals surface area contributed by atoms with Gasteiger partial charge in [0, 0.05) is 16.7 Å². The van der Waals surface area contributed by atoms with Gasteiger partial charge in [0.2, 0.25) is 0 Å². The molecular weight excluding hydrogens is 749 g/mol. The topological polar surface area (TPSA) is 25.8 Å². The van der Waals surface area contributed by atoms with Gasteiger partial charge in [-0.3, -0.25) is 0 Å². The Morgan fingerprint density at radius 1 is 0.226 bits per heavy atom. The predicted octanol–water partition coefficient (Wildman–Crippen LogP) is 16.3. The van der Waals surface area contributed by atoms with E-state index in [4.69, 9.17) is 9.97 Å². The first-order valence-electron chi connectivity index (χ1n) is 21.3. The molecule has 0 saturated heterocycles. The van der Waals surface area contributed by atoms with Crippen molar-refractivity contribution in [2.24, 2.45) is 0 Å². The Kier molecular flexibility index (Phi) is 7.64. The van der Waals surface area contributed by atoms with Crippen molar-refractivity contribution in [1.82, 2.24) is 9.97 Å². The molecule has 0 aliphatic carbocycles. The van der Waals surface area contributed by atoms with Crippen molar-refractivity contribution >= 4 is 75.4 Å². The number of hydrogen-bond donors (Lipinski definition) is 0. The van der Waals surface area contributed by atoms with Gasteiger partial charge in [-0.1, -0.05) is 200 Å². The van der Waals surface area contributed by atoms with E-state index in [0.717, 1.165) is 33.5 Å². The van der Waals surface area contributed by atoms with E-state index in [2.05, 4.69) is 200 Å². The Hall–Kier alpha value is -8.20. The summed E-state index contributed by atoms with van der Waals surface area (Å²) in [4.78, 5) is 10.5. The van der Waals surface area contributed by atoms with Crippen LogP contribution in [0.5, 0.6) is 0 Å². The van der Waals surface area contributed by atoms with Crippen LogP contribution in [0.15, 0.2) is 218 Å². The third-order valence-electron chi connectivity index (χ3n) is 13.0. The molecule has 62 heavy (non-hydrogen) atoms. The van der Waals surface area contributed by atoms with Gasteiger partial charge in [0.1, 0.15) is 0 Å². The van der Waals surface area contributed by atoms with Crippen LogP contribution in [-0.2, 0) is 0 Å². The average Bonchev–Trinajstić information content (AvgIpc) is 3.35. The van der Waals surface area contributed by atoms with E-state index in [-0.39, 0.29) is 0 Å². The molecule has 286 valence electrons. The fraction of sp³-hybridized carbons (Fsp3) is 0. The highest BCUT2D eigenvalue weighted by atomic mass is 14.9. The average molecular weight is 785 g/mol. The summed E-state index contributed by atoms with van der Waals surface area (Å²) < 4.78 is 0. The molecule has 0 N–H and O–H groups in total. The van der Waals surface area contributed by atoms with Crippen LogP contribution in [0.2, 0.25) is 0 Å². The van der Waals surface area contributed by atoms with Crippen molar-refractivity contribution in [3.8, 4) is 56.2 Å². The number of rotatable bonds is 5. The fourth-order valence-electron chi connectivity index (χ4n) is 10.1. The minimum Gasteiger partial charge on any atom is -0.228 e. The lowest BCUT2D eigenvalue weighted by Crippen LogP contribution is -1.97. The summed E-state index contributed by atoms with van der Waals surface area (Å²) in [5.74, 6) is 0.705. The second-order valence-electron chi connectivity index (χ2n) is 16.4. The number of hydrogen-bond acceptors (Lipinski definition) is 2. The molecule has 1 aromatic heterocycles. The maximum Gasteiger partial charge on any atom is 0.160 e. The minimum atomic E-state index is 0.705. The molecule has 12 aromatic carbocycles. The molecule has 0 spiro atoms. The van der Waals surface area contributed by atoms with Crippen LogP contribution in [0, 0.1) is 0 Å². The quantitative estimate of drug-likeness (QED) is 0.162.